The zero-order valence-corrected chi connectivity index (χ0v) is 14.4. The summed E-state index contributed by atoms with van der Waals surface area (Å²) >= 11 is 0. The molecular formula is C17H20F5NO4. The van der Waals surface area contributed by atoms with Gasteiger partial charge in [0.1, 0.15) is 5.75 Å². The van der Waals surface area contributed by atoms with E-state index >= 15 is 0 Å². The highest BCUT2D eigenvalue weighted by molar-refractivity contribution is 5.77. The average molecular weight is 397 g/mol. The van der Waals surface area contributed by atoms with E-state index in [0.29, 0.717) is 0 Å². The van der Waals surface area contributed by atoms with E-state index in [1.807, 2.05) is 0 Å². The summed E-state index contributed by atoms with van der Waals surface area (Å²) in [5, 5.41) is 12.7. The third-order valence-electron chi connectivity index (χ3n) is 4.19. The van der Waals surface area contributed by atoms with Gasteiger partial charge in [0.15, 0.2) is 0 Å². The molecule has 0 aliphatic heterocycles. The van der Waals surface area contributed by atoms with Crippen LogP contribution in [0, 0.1) is 5.92 Å². The standard InChI is InChI=1S/C17H20F5NO4/c1-16(25,11-5-6-11)8-14(24)23-13(9-26-15(18)19)10-3-2-4-12(7-10)27-17(20,21)22/h2-4,7,11,13,15,25H,5-6,8-9H2,1H3,(H,23,24)/t13-,16+/m0/s1. The summed E-state index contributed by atoms with van der Waals surface area (Å²) in [6, 6.07) is 3.47. The highest BCUT2D eigenvalue weighted by Crippen LogP contribution is 2.41. The molecule has 0 radical (unpaired) electrons. The molecule has 1 aromatic carbocycles. The normalized spacial score (nSPS) is 18.1. The number of nitrogens with one attached hydrogen (secondary N) is 1. The number of carbonyl (C=O) groups excluding carboxylic acids is 1. The molecule has 1 aliphatic carbocycles. The van der Waals surface area contributed by atoms with Gasteiger partial charge < -0.3 is 19.9 Å². The van der Waals surface area contributed by atoms with E-state index in [1.165, 1.54) is 19.1 Å². The minimum atomic E-state index is -4.92. The Balaban J connectivity index is 2.11. The van der Waals surface area contributed by atoms with Crippen LogP contribution in [0.4, 0.5) is 22.0 Å². The van der Waals surface area contributed by atoms with Crippen molar-refractivity contribution < 1.29 is 41.3 Å². The maximum absolute atomic E-state index is 12.4. The van der Waals surface area contributed by atoms with Gasteiger partial charge in [-0.3, -0.25) is 4.79 Å². The molecule has 0 spiro atoms. The van der Waals surface area contributed by atoms with E-state index in [1.54, 1.807) is 0 Å². The SMILES string of the molecule is C[C@@](O)(CC(=O)N[C@@H](COC(F)F)c1cccc(OC(F)(F)F)c1)C1CC1. The molecule has 2 rings (SSSR count). The van der Waals surface area contributed by atoms with Gasteiger partial charge in [-0.2, -0.15) is 8.78 Å². The molecule has 1 fully saturated rings. The molecule has 10 heteroatoms. The summed E-state index contributed by atoms with van der Waals surface area (Å²) < 4.78 is 69.9. The van der Waals surface area contributed by atoms with Crippen molar-refractivity contribution in [1.82, 2.24) is 5.32 Å². The van der Waals surface area contributed by atoms with Crippen LogP contribution in [-0.4, -0.2) is 36.2 Å². The zero-order valence-electron chi connectivity index (χ0n) is 14.4. The predicted octanol–water partition coefficient (Wildman–Crippen LogP) is 3.53. The summed E-state index contributed by atoms with van der Waals surface area (Å²) in [5.41, 5.74) is -1.14. The van der Waals surface area contributed by atoms with Gasteiger partial charge in [0, 0.05) is 0 Å². The van der Waals surface area contributed by atoms with Gasteiger partial charge in [-0.15, -0.1) is 13.2 Å². The van der Waals surface area contributed by atoms with Gasteiger partial charge in [0.2, 0.25) is 5.91 Å². The quantitative estimate of drug-likeness (QED) is 0.626. The van der Waals surface area contributed by atoms with Crippen molar-refractivity contribution in [2.24, 2.45) is 5.92 Å². The number of alkyl halides is 5. The lowest BCUT2D eigenvalue weighted by Gasteiger charge is -2.25. The molecule has 27 heavy (non-hydrogen) atoms. The van der Waals surface area contributed by atoms with Crippen molar-refractivity contribution in [1.29, 1.82) is 0 Å². The third kappa shape index (κ3) is 7.30. The predicted molar refractivity (Wildman–Crippen MR) is 83.9 cm³/mol. The van der Waals surface area contributed by atoms with Crippen molar-refractivity contribution >= 4 is 5.91 Å². The second-order valence-electron chi connectivity index (χ2n) is 6.64. The van der Waals surface area contributed by atoms with Crippen molar-refractivity contribution in [3.8, 4) is 5.75 Å². The van der Waals surface area contributed by atoms with E-state index in [4.69, 9.17) is 0 Å². The van der Waals surface area contributed by atoms with Gasteiger partial charge in [-0.05, 0) is 43.4 Å². The Kier molecular flexibility index (Phi) is 6.63. The molecule has 1 aliphatic rings. The Hall–Kier alpha value is -1.94. The number of amides is 1. The van der Waals surface area contributed by atoms with Crippen LogP contribution in [-0.2, 0) is 9.53 Å². The van der Waals surface area contributed by atoms with Gasteiger partial charge >= 0.3 is 13.0 Å². The number of aliphatic hydroxyl groups is 1. The van der Waals surface area contributed by atoms with Crippen LogP contribution in [0.3, 0.4) is 0 Å². The molecule has 0 heterocycles. The molecule has 2 atom stereocenters. The smallest absolute Gasteiger partial charge is 0.406 e. The average Bonchev–Trinajstić information content (AvgIpc) is 3.34. The van der Waals surface area contributed by atoms with Crippen LogP contribution in [0.2, 0.25) is 0 Å². The first-order valence-electron chi connectivity index (χ1n) is 8.23. The van der Waals surface area contributed by atoms with Crippen LogP contribution in [0.1, 0.15) is 37.8 Å². The molecule has 2 N–H and O–H groups in total. The second-order valence-corrected chi connectivity index (χ2v) is 6.64. The van der Waals surface area contributed by atoms with Crippen LogP contribution in [0.25, 0.3) is 0 Å². The van der Waals surface area contributed by atoms with Crippen molar-refractivity contribution in [2.45, 2.75) is 50.8 Å². The number of benzene rings is 1. The number of rotatable bonds is 9. The topological polar surface area (TPSA) is 67.8 Å². The van der Waals surface area contributed by atoms with Gasteiger partial charge in [-0.25, -0.2) is 0 Å². The van der Waals surface area contributed by atoms with Gasteiger partial charge in [-0.1, -0.05) is 12.1 Å². The summed E-state index contributed by atoms with van der Waals surface area (Å²) in [5.74, 6) is -1.19. The second kappa shape index (κ2) is 8.39. The van der Waals surface area contributed by atoms with Crippen molar-refractivity contribution in [2.75, 3.05) is 6.61 Å². The lowest BCUT2D eigenvalue weighted by molar-refractivity contribution is -0.274. The highest BCUT2D eigenvalue weighted by Gasteiger charge is 2.41. The third-order valence-corrected chi connectivity index (χ3v) is 4.19. The fraction of sp³-hybridized carbons (Fsp3) is 0.588. The Morgan fingerprint density at radius 1 is 1.33 bits per heavy atom. The first-order valence-corrected chi connectivity index (χ1v) is 8.23. The highest BCUT2D eigenvalue weighted by atomic mass is 19.4. The van der Waals surface area contributed by atoms with Crippen LogP contribution < -0.4 is 10.1 Å². The van der Waals surface area contributed by atoms with Gasteiger partial charge in [0.05, 0.1) is 24.7 Å². The van der Waals surface area contributed by atoms with E-state index < -0.39 is 42.9 Å². The van der Waals surface area contributed by atoms with Crippen LogP contribution >= 0.6 is 0 Å². The summed E-state index contributed by atoms with van der Waals surface area (Å²) in [7, 11) is 0. The number of carbonyl (C=O) groups is 1. The van der Waals surface area contributed by atoms with Crippen molar-refractivity contribution in [3.63, 3.8) is 0 Å². The molecule has 1 aromatic rings. The van der Waals surface area contributed by atoms with Gasteiger partial charge in [0.25, 0.3) is 0 Å². The molecule has 0 saturated heterocycles. The Labute approximate surface area is 152 Å². The minimum Gasteiger partial charge on any atom is -0.406 e. The minimum absolute atomic E-state index is 0.0115. The molecule has 152 valence electrons. The van der Waals surface area contributed by atoms with E-state index in [0.717, 1.165) is 25.0 Å². The Morgan fingerprint density at radius 3 is 2.56 bits per heavy atom. The fourth-order valence-electron chi connectivity index (χ4n) is 2.74. The summed E-state index contributed by atoms with van der Waals surface area (Å²) in [6.07, 6.45) is -3.61. The monoisotopic (exact) mass is 397 g/mol. The molecule has 0 aromatic heterocycles. The molecule has 1 saturated carbocycles. The molecular weight excluding hydrogens is 377 g/mol. The first kappa shape index (κ1) is 21.4. The van der Waals surface area contributed by atoms with E-state index in [2.05, 4.69) is 14.8 Å². The fourth-order valence-corrected chi connectivity index (χ4v) is 2.74. The lowest BCUT2D eigenvalue weighted by Crippen LogP contribution is -2.39. The van der Waals surface area contributed by atoms with Crippen LogP contribution in [0.15, 0.2) is 24.3 Å². The number of halogens is 5. The number of hydrogen-bond acceptors (Lipinski definition) is 4. The van der Waals surface area contributed by atoms with E-state index in [-0.39, 0.29) is 17.9 Å². The molecule has 5 nitrogen and oxygen atoms in total. The molecule has 1 amide bonds. The maximum Gasteiger partial charge on any atom is 0.573 e. The lowest BCUT2D eigenvalue weighted by atomic mass is 9.95. The van der Waals surface area contributed by atoms with Crippen LogP contribution in [0.5, 0.6) is 5.75 Å². The zero-order chi connectivity index (χ0) is 20.2. The molecule has 0 bridgehead atoms. The summed E-state index contributed by atoms with van der Waals surface area (Å²) in [6.45, 7) is -2.27. The first-order chi connectivity index (χ1) is 12.5. The summed E-state index contributed by atoms with van der Waals surface area (Å²) in [4.78, 5) is 12.2. The number of ether oxygens (including phenoxy) is 2. The van der Waals surface area contributed by atoms with Crippen molar-refractivity contribution in [3.05, 3.63) is 29.8 Å². The number of hydrogen-bond donors (Lipinski definition) is 2. The Bertz CT molecular complexity index is 646. The molecule has 0 unspecified atom stereocenters. The Morgan fingerprint density at radius 2 is 2.00 bits per heavy atom. The largest absolute Gasteiger partial charge is 0.573 e. The maximum atomic E-state index is 12.4. The van der Waals surface area contributed by atoms with E-state index in [9.17, 15) is 31.9 Å².